The summed E-state index contributed by atoms with van der Waals surface area (Å²) in [6.07, 6.45) is 2.68. The van der Waals surface area contributed by atoms with Crippen molar-refractivity contribution in [1.82, 2.24) is 9.80 Å². The maximum atomic E-state index is 5.68. The molecule has 5 aliphatic heterocycles. The Morgan fingerprint density at radius 3 is 2.55 bits per heavy atom. The molecule has 4 saturated heterocycles. The molecule has 0 spiro atoms. The summed E-state index contributed by atoms with van der Waals surface area (Å²) in [5, 5.41) is 0. The van der Waals surface area contributed by atoms with Gasteiger partial charge in [0.05, 0.1) is 7.11 Å². The first-order chi connectivity index (χ1) is 14.3. The molecule has 5 aliphatic rings. The van der Waals surface area contributed by atoms with Gasteiger partial charge in [-0.2, -0.15) is 0 Å². The van der Waals surface area contributed by atoms with Crippen molar-refractivity contribution in [2.45, 2.75) is 37.4 Å². The van der Waals surface area contributed by atoms with Crippen LogP contribution in [0.5, 0.6) is 17.2 Å². The van der Waals surface area contributed by atoms with Crippen LogP contribution in [0.25, 0.3) is 0 Å². The van der Waals surface area contributed by atoms with Gasteiger partial charge in [0.1, 0.15) is 5.75 Å². The molecular weight excluding hydrogens is 364 g/mol. The second-order valence-corrected chi connectivity index (χ2v) is 8.85. The zero-order valence-corrected chi connectivity index (χ0v) is 16.9. The van der Waals surface area contributed by atoms with Gasteiger partial charge in [0.25, 0.3) is 0 Å². The second-order valence-electron chi connectivity index (χ2n) is 8.85. The van der Waals surface area contributed by atoms with Gasteiger partial charge in [-0.05, 0) is 67.2 Å². The Hall–Kier alpha value is -2.24. The van der Waals surface area contributed by atoms with Gasteiger partial charge in [-0.1, -0.05) is 18.2 Å². The van der Waals surface area contributed by atoms with Gasteiger partial charge in [-0.25, -0.2) is 0 Å². The number of methoxy groups -OCH3 is 1. The average molecular weight is 392 g/mol. The van der Waals surface area contributed by atoms with Crippen LogP contribution >= 0.6 is 0 Å². The zero-order chi connectivity index (χ0) is 19.4. The number of hydrogen-bond donors (Lipinski definition) is 0. The van der Waals surface area contributed by atoms with Crippen LogP contribution in [-0.4, -0.2) is 55.4 Å². The van der Waals surface area contributed by atoms with Crippen LogP contribution < -0.4 is 14.2 Å². The van der Waals surface area contributed by atoms with E-state index in [0.29, 0.717) is 24.8 Å². The lowest BCUT2D eigenvalue weighted by atomic mass is 9.75. The van der Waals surface area contributed by atoms with Gasteiger partial charge in [0.15, 0.2) is 11.5 Å². The molecule has 7 rings (SSSR count). The van der Waals surface area contributed by atoms with Crippen molar-refractivity contribution in [1.29, 1.82) is 0 Å². The van der Waals surface area contributed by atoms with Crippen LogP contribution in [0.15, 0.2) is 42.5 Å². The van der Waals surface area contributed by atoms with Crippen LogP contribution in [0.1, 0.15) is 29.9 Å². The topological polar surface area (TPSA) is 34.2 Å². The molecule has 2 aromatic rings. The number of nitrogens with zero attached hydrogens (tertiary/aromatic N) is 2. The molecule has 0 amide bonds. The first kappa shape index (κ1) is 17.6. The largest absolute Gasteiger partial charge is 0.497 e. The van der Waals surface area contributed by atoms with E-state index >= 15 is 0 Å². The van der Waals surface area contributed by atoms with E-state index in [4.69, 9.17) is 14.2 Å². The Balaban J connectivity index is 1.31. The summed E-state index contributed by atoms with van der Waals surface area (Å²) >= 11 is 0. The van der Waals surface area contributed by atoms with E-state index in [2.05, 4.69) is 52.3 Å². The lowest BCUT2D eigenvalue weighted by Gasteiger charge is -2.51. The molecule has 152 valence electrons. The molecule has 5 nitrogen and oxygen atoms in total. The first-order valence-corrected chi connectivity index (χ1v) is 10.8. The van der Waals surface area contributed by atoms with Crippen molar-refractivity contribution in [2.24, 2.45) is 5.92 Å². The van der Waals surface area contributed by atoms with Crippen LogP contribution in [0.2, 0.25) is 0 Å². The predicted octanol–water partition coefficient (Wildman–Crippen LogP) is 3.49. The molecule has 0 aromatic heterocycles. The smallest absolute Gasteiger partial charge is 0.231 e. The molecule has 5 heterocycles. The molecule has 2 aromatic carbocycles. The van der Waals surface area contributed by atoms with E-state index in [-0.39, 0.29) is 0 Å². The lowest BCUT2D eigenvalue weighted by molar-refractivity contribution is -0.00869. The molecule has 4 fully saturated rings. The van der Waals surface area contributed by atoms with Crippen molar-refractivity contribution >= 4 is 0 Å². The highest BCUT2D eigenvalue weighted by Gasteiger charge is 2.53. The minimum Gasteiger partial charge on any atom is -0.497 e. The fourth-order valence-electron chi connectivity index (χ4n) is 6.12. The fourth-order valence-corrected chi connectivity index (χ4v) is 6.12. The number of hydrogen-bond acceptors (Lipinski definition) is 5. The molecule has 0 radical (unpaired) electrons. The third kappa shape index (κ3) is 2.90. The Morgan fingerprint density at radius 1 is 0.966 bits per heavy atom. The third-order valence-electron chi connectivity index (χ3n) is 7.46. The van der Waals surface area contributed by atoms with Gasteiger partial charge in [0, 0.05) is 31.1 Å². The van der Waals surface area contributed by atoms with Crippen LogP contribution in [0.3, 0.4) is 0 Å². The van der Waals surface area contributed by atoms with E-state index < -0.39 is 0 Å². The summed E-state index contributed by atoms with van der Waals surface area (Å²) in [6.45, 7) is 4.96. The van der Waals surface area contributed by atoms with E-state index in [1.165, 1.54) is 37.1 Å². The highest BCUT2D eigenvalue weighted by Crippen LogP contribution is 2.48. The Kier molecular flexibility index (Phi) is 4.20. The Labute approximate surface area is 172 Å². The molecule has 0 N–H and O–H groups in total. The van der Waals surface area contributed by atoms with Crippen molar-refractivity contribution in [3.63, 3.8) is 0 Å². The summed E-state index contributed by atoms with van der Waals surface area (Å²) in [6, 6.07) is 16.4. The van der Waals surface area contributed by atoms with Crippen LogP contribution in [0, 0.1) is 5.92 Å². The monoisotopic (exact) mass is 392 g/mol. The van der Waals surface area contributed by atoms with E-state index in [0.717, 1.165) is 36.3 Å². The summed E-state index contributed by atoms with van der Waals surface area (Å²) in [5.41, 5.74) is 2.77. The molecule has 0 saturated carbocycles. The summed E-state index contributed by atoms with van der Waals surface area (Å²) in [5.74, 6) is 4.06. The molecule has 3 atom stereocenters. The van der Waals surface area contributed by atoms with Gasteiger partial charge >= 0.3 is 0 Å². The van der Waals surface area contributed by atoms with Crippen molar-refractivity contribution in [2.75, 3.05) is 33.5 Å². The number of benzene rings is 2. The second kappa shape index (κ2) is 6.92. The summed E-state index contributed by atoms with van der Waals surface area (Å²) < 4.78 is 16.6. The van der Waals surface area contributed by atoms with E-state index in [1.54, 1.807) is 7.11 Å². The van der Waals surface area contributed by atoms with Crippen LogP contribution in [0.4, 0.5) is 0 Å². The average Bonchev–Trinajstić information content (AvgIpc) is 3.40. The van der Waals surface area contributed by atoms with Gasteiger partial charge in [-0.3, -0.25) is 9.80 Å². The van der Waals surface area contributed by atoms with E-state index in [9.17, 15) is 0 Å². The van der Waals surface area contributed by atoms with Gasteiger partial charge < -0.3 is 14.2 Å². The molecular formula is C24H28N2O3. The number of ether oxygens (including phenoxy) is 3. The highest BCUT2D eigenvalue weighted by atomic mass is 16.7. The lowest BCUT2D eigenvalue weighted by Crippen LogP contribution is -2.59. The summed E-state index contributed by atoms with van der Waals surface area (Å²) in [7, 11) is 1.73. The molecule has 0 unspecified atom stereocenters. The van der Waals surface area contributed by atoms with E-state index in [1.807, 2.05) is 0 Å². The standard InChI is InChI=1S/C24H28N2O3/c1-27-19-5-2-16(3-6-19)13-26-14-20(18-4-7-21-22(12-18)29-15-28-21)24-23(26)17-8-10-25(24)11-9-17/h2-7,12,17,20,23-24H,8-11,13-15H2,1H3/t20-,23+,24+/m1/s1. The predicted molar refractivity (Wildman–Crippen MR) is 111 cm³/mol. The van der Waals surface area contributed by atoms with Crippen LogP contribution in [-0.2, 0) is 6.54 Å². The number of piperidine rings is 3. The molecule has 2 bridgehead atoms. The van der Waals surface area contributed by atoms with Crippen molar-refractivity contribution < 1.29 is 14.2 Å². The molecule has 0 aliphatic carbocycles. The quantitative estimate of drug-likeness (QED) is 0.796. The molecule has 29 heavy (non-hydrogen) atoms. The minimum atomic E-state index is 0.341. The van der Waals surface area contributed by atoms with Crippen molar-refractivity contribution in [3.05, 3.63) is 53.6 Å². The maximum Gasteiger partial charge on any atom is 0.231 e. The van der Waals surface area contributed by atoms with Gasteiger partial charge in [-0.15, -0.1) is 0 Å². The summed E-state index contributed by atoms with van der Waals surface area (Å²) in [4.78, 5) is 5.51. The first-order valence-electron chi connectivity index (χ1n) is 10.8. The highest BCUT2D eigenvalue weighted by molar-refractivity contribution is 5.46. The number of likely N-dealkylation sites (tertiary alicyclic amines) is 1. The zero-order valence-electron chi connectivity index (χ0n) is 16.9. The third-order valence-corrected chi connectivity index (χ3v) is 7.46. The molecule has 5 heteroatoms. The minimum absolute atomic E-state index is 0.341. The fraction of sp³-hybridized carbons (Fsp3) is 0.500. The normalized spacial score (nSPS) is 32.4. The maximum absolute atomic E-state index is 5.68. The number of rotatable bonds is 4. The Morgan fingerprint density at radius 2 is 1.76 bits per heavy atom. The number of fused-ring (bicyclic) bond motifs is 3. The van der Waals surface area contributed by atoms with Crippen molar-refractivity contribution in [3.8, 4) is 17.2 Å². The van der Waals surface area contributed by atoms with Gasteiger partial charge in [0.2, 0.25) is 6.79 Å². The SMILES string of the molecule is COc1ccc(CN2C[C@H](c3ccc4c(c3)OCO4)[C@H]3[C@@H]2C2CCN3CC2)cc1. The Bertz CT molecular complexity index is 891.